The maximum absolute atomic E-state index is 12.2. The zero-order valence-electron chi connectivity index (χ0n) is 13.8. The van der Waals surface area contributed by atoms with E-state index >= 15 is 0 Å². The zero-order chi connectivity index (χ0) is 16.7. The van der Waals surface area contributed by atoms with Crippen LogP contribution in [0.5, 0.6) is 11.5 Å². The van der Waals surface area contributed by atoms with Gasteiger partial charge in [-0.2, -0.15) is 0 Å². The molecule has 0 amide bonds. The van der Waals surface area contributed by atoms with Crippen LogP contribution in [0, 0.1) is 6.92 Å². The van der Waals surface area contributed by atoms with Gasteiger partial charge in [0.1, 0.15) is 0 Å². The van der Waals surface area contributed by atoms with Crippen LogP contribution in [0.4, 0.5) is 0 Å². The number of ether oxygens (including phenoxy) is 2. The summed E-state index contributed by atoms with van der Waals surface area (Å²) in [5, 5.41) is 0. The Kier molecular flexibility index (Phi) is 5.98. The lowest BCUT2D eigenvalue weighted by Gasteiger charge is -2.11. The second kappa shape index (κ2) is 8.18. The van der Waals surface area contributed by atoms with Crippen LogP contribution in [-0.4, -0.2) is 19.0 Å². The van der Waals surface area contributed by atoms with Crippen molar-refractivity contribution in [1.29, 1.82) is 0 Å². The van der Waals surface area contributed by atoms with E-state index in [0.29, 0.717) is 24.5 Å². The van der Waals surface area contributed by atoms with Crippen LogP contribution in [0.1, 0.15) is 35.3 Å². The van der Waals surface area contributed by atoms with Gasteiger partial charge in [0.25, 0.3) is 0 Å². The highest BCUT2D eigenvalue weighted by Crippen LogP contribution is 2.29. The molecule has 120 valence electrons. The Labute approximate surface area is 137 Å². The summed E-state index contributed by atoms with van der Waals surface area (Å²) in [7, 11) is 0. The molecule has 0 unspecified atom stereocenters. The van der Waals surface area contributed by atoms with Crippen molar-refractivity contribution in [1.82, 2.24) is 0 Å². The Balaban J connectivity index is 2.16. The van der Waals surface area contributed by atoms with Gasteiger partial charge in [-0.15, -0.1) is 0 Å². The van der Waals surface area contributed by atoms with Crippen LogP contribution in [0.2, 0.25) is 0 Å². The molecule has 0 spiro atoms. The third kappa shape index (κ3) is 4.71. The van der Waals surface area contributed by atoms with Crippen molar-refractivity contribution >= 4 is 11.9 Å². The highest BCUT2D eigenvalue weighted by Gasteiger charge is 2.05. The monoisotopic (exact) mass is 310 g/mol. The predicted molar refractivity (Wildman–Crippen MR) is 93.3 cm³/mol. The fourth-order valence-corrected chi connectivity index (χ4v) is 2.16. The van der Waals surface area contributed by atoms with E-state index in [0.717, 1.165) is 16.9 Å². The van der Waals surface area contributed by atoms with Crippen LogP contribution in [0.15, 0.2) is 48.5 Å². The second-order valence-electron chi connectivity index (χ2n) is 5.14. The number of carbonyl (C=O) groups is 1. The summed E-state index contributed by atoms with van der Waals surface area (Å²) in [4.78, 5) is 12.2. The topological polar surface area (TPSA) is 35.5 Å². The molecule has 0 fully saturated rings. The zero-order valence-corrected chi connectivity index (χ0v) is 13.8. The standard InChI is InChI=1S/C20H22O3/c1-4-22-19-13-9-16(14-20(19)23-5-2)8-12-18(21)17-10-6-15(3)7-11-17/h6-14H,4-5H2,1-3H3/b12-8+. The van der Waals surface area contributed by atoms with E-state index in [2.05, 4.69) is 0 Å². The third-order valence-electron chi connectivity index (χ3n) is 3.33. The second-order valence-corrected chi connectivity index (χ2v) is 5.14. The smallest absolute Gasteiger partial charge is 0.185 e. The van der Waals surface area contributed by atoms with Crippen molar-refractivity contribution in [3.63, 3.8) is 0 Å². The molecule has 0 atom stereocenters. The number of carbonyl (C=O) groups excluding carboxylic acids is 1. The van der Waals surface area contributed by atoms with Gasteiger partial charge in [-0.1, -0.05) is 42.0 Å². The Morgan fingerprint density at radius 1 is 0.957 bits per heavy atom. The van der Waals surface area contributed by atoms with Crippen molar-refractivity contribution in [3.8, 4) is 11.5 Å². The molecule has 0 aliphatic carbocycles. The molecule has 0 saturated carbocycles. The third-order valence-corrected chi connectivity index (χ3v) is 3.33. The average molecular weight is 310 g/mol. The van der Waals surface area contributed by atoms with Gasteiger partial charge in [-0.25, -0.2) is 0 Å². The lowest BCUT2D eigenvalue weighted by Crippen LogP contribution is -1.98. The summed E-state index contributed by atoms with van der Waals surface area (Å²) in [6, 6.07) is 13.2. The molecule has 0 aliphatic rings. The lowest BCUT2D eigenvalue weighted by atomic mass is 10.1. The highest BCUT2D eigenvalue weighted by molar-refractivity contribution is 6.06. The van der Waals surface area contributed by atoms with E-state index in [1.165, 1.54) is 0 Å². The van der Waals surface area contributed by atoms with Crippen molar-refractivity contribution in [2.75, 3.05) is 13.2 Å². The van der Waals surface area contributed by atoms with E-state index in [4.69, 9.17) is 9.47 Å². The van der Waals surface area contributed by atoms with E-state index in [-0.39, 0.29) is 5.78 Å². The van der Waals surface area contributed by atoms with Gasteiger partial charge in [-0.05, 0) is 44.5 Å². The molecular formula is C20H22O3. The number of benzene rings is 2. The van der Waals surface area contributed by atoms with Crippen LogP contribution in [0.25, 0.3) is 6.08 Å². The molecule has 2 aromatic rings. The highest BCUT2D eigenvalue weighted by atomic mass is 16.5. The summed E-state index contributed by atoms with van der Waals surface area (Å²) in [5.74, 6) is 1.40. The van der Waals surface area contributed by atoms with Crippen LogP contribution >= 0.6 is 0 Å². The Morgan fingerprint density at radius 2 is 1.61 bits per heavy atom. The molecule has 0 aromatic heterocycles. The fourth-order valence-electron chi connectivity index (χ4n) is 2.16. The van der Waals surface area contributed by atoms with Gasteiger partial charge in [0, 0.05) is 5.56 Å². The first-order valence-electron chi connectivity index (χ1n) is 7.82. The van der Waals surface area contributed by atoms with Gasteiger partial charge in [0.2, 0.25) is 0 Å². The Morgan fingerprint density at radius 3 is 2.26 bits per heavy atom. The molecule has 0 bridgehead atoms. The number of hydrogen-bond donors (Lipinski definition) is 0. The number of rotatable bonds is 7. The summed E-state index contributed by atoms with van der Waals surface area (Å²) in [5.41, 5.74) is 2.72. The minimum absolute atomic E-state index is 0.0168. The minimum atomic E-state index is -0.0168. The maximum atomic E-state index is 12.2. The van der Waals surface area contributed by atoms with Gasteiger partial charge >= 0.3 is 0 Å². The first kappa shape index (κ1) is 16.8. The molecule has 2 rings (SSSR count). The quantitative estimate of drug-likeness (QED) is 0.550. The number of aryl methyl sites for hydroxylation is 1. The van der Waals surface area contributed by atoms with Crippen LogP contribution in [-0.2, 0) is 0 Å². The molecule has 2 aromatic carbocycles. The van der Waals surface area contributed by atoms with Gasteiger partial charge in [0.05, 0.1) is 13.2 Å². The summed E-state index contributed by atoms with van der Waals surface area (Å²) in [6.45, 7) is 7.01. The maximum Gasteiger partial charge on any atom is 0.185 e. The minimum Gasteiger partial charge on any atom is -0.490 e. The molecular weight excluding hydrogens is 288 g/mol. The number of ketones is 1. The fraction of sp³-hybridized carbons (Fsp3) is 0.250. The SMILES string of the molecule is CCOc1ccc(/C=C/C(=O)c2ccc(C)cc2)cc1OCC. The molecule has 0 aliphatic heterocycles. The molecule has 0 heterocycles. The van der Waals surface area contributed by atoms with Crippen molar-refractivity contribution < 1.29 is 14.3 Å². The first-order chi connectivity index (χ1) is 11.1. The van der Waals surface area contributed by atoms with E-state index in [1.807, 2.05) is 63.2 Å². The molecule has 0 saturated heterocycles. The number of hydrogen-bond acceptors (Lipinski definition) is 3. The Hall–Kier alpha value is -2.55. The molecule has 0 N–H and O–H groups in total. The summed E-state index contributed by atoms with van der Waals surface area (Å²) >= 11 is 0. The summed E-state index contributed by atoms with van der Waals surface area (Å²) < 4.78 is 11.1. The normalized spacial score (nSPS) is 10.7. The molecule has 3 nitrogen and oxygen atoms in total. The van der Waals surface area contributed by atoms with E-state index in [9.17, 15) is 4.79 Å². The average Bonchev–Trinajstić information content (AvgIpc) is 2.56. The van der Waals surface area contributed by atoms with Crippen LogP contribution < -0.4 is 9.47 Å². The number of allylic oxidation sites excluding steroid dienone is 1. The van der Waals surface area contributed by atoms with Crippen molar-refractivity contribution in [2.24, 2.45) is 0 Å². The van der Waals surface area contributed by atoms with Crippen molar-refractivity contribution in [2.45, 2.75) is 20.8 Å². The van der Waals surface area contributed by atoms with Gasteiger partial charge in [-0.3, -0.25) is 4.79 Å². The first-order valence-corrected chi connectivity index (χ1v) is 7.82. The van der Waals surface area contributed by atoms with Crippen molar-refractivity contribution in [3.05, 3.63) is 65.2 Å². The molecule has 23 heavy (non-hydrogen) atoms. The largest absolute Gasteiger partial charge is 0.490 e. The van der Waals surface area contributed by atoms with Gasteiger partial charge < -0.3 is 9.47 Å². The van der Waals surface area contributed by atoms with E-state index in [1.54, 1.807) is 12.2 Å². The van der Waals surface area contributed by atoms with E-state index < -0.39 is 0 Å². The molecule has 3 heteroatoms. The lowest BCUT2D eigenvalue weighted by molar-refractivity contribution is 0.104. The van der Waals surface area contributed by atoms with Gasteiger partial charge in [0.15, 0.2) is 17.3 Å². The van der Waals surface area contributed by atoms with Crippen LogP contribution in [0.3, 0.4) is 0 Å². The summed E-state index contributed by atoms with van der Waals surface area (Å²) in [6.07, 6.45) is 3.37. The Bertz CT molecular complexity index is 685. The predicted octanol–water partition coefficient (Wildman–Crippen LogP) is 4.69. The molecule has 0 radical (unpaired) electrons.